The van der Waals surface area contributed by atoms with Gasteiger partial charge in [-0.15, -0.1) is 0 Å². The number of carbonyl (C=O) groups is 1. The third-order valence-electron chi connectivity index (χ3n) is 8.95. The van der Waals surface area contributed by atoms with Gasteiger partial charge in [0.05, 0.1) is 41.4 Å². The fourth-order valence-electron chi connectivity index (χ4n) is 6.00. The van der Waals surface area contributed by atoms with E-state index in [1.54, 1.807) is 31.4 Å². The second kappa shape index (κ2) is 16.1. The lowest BCUT2D eigenvalue weighted by Crippen LogP contribution is -2.47. The first-order valence-corrected chi connectivity index (χ1v) is 16.7. The molecule has 3 aromatic carbocycles. The van der Waals surface area contributed by atoms with Crippen molar-refractivity contribution in [2.75, 3.05) is 13.7 Å². The summed E-state index contributed by atoms with van der Waals surface area (Å²) in [6.45, 7) is 5.32. The van der Waals surface area contributed by atoms with Gasteiger partial charge in [0, 0.05) is 36.8 Å². The van der Waals surface area contributed by atoms with Crippen molar-refractivity contribution in [3.8, 4) is 23.1 Å². The van der Waals surface area contributed by atoms with Gasteiger partial charge >= 0.3 is 0 Å². The highest BCUT2D eigenvalue weighted by molar-refractivity contribution is 6.34. The van der Waals surface area contributed by atoms with Crippen molar-refractivity contribution in [2.24, 2.45) is 5.73 Å². The number of hydrogen-bond acceptors (Lipinski definition) is 7. The third kappa shape index (κ3) is 9.24. The van der Waals surface area contributed by atoms with Crippen molar-refractivity contribution in [3.63, 3.8) is 0 Å². The Morgan fingerprint density at radius 1 is 1.06 bits per heavy atom. The average molecular weight is 654 g/mol. The maximum atomic E-state index is 13.8. The molecular weight excluding hydrogens is 610 g/mol. The van der Waals surface area contributed by atoms with Crippen molar-refractivity contribution in [3.05, 3.63) is 111 Å². The van der Waals surface area contributed by atoms with Crippen LogP contribution in [0.5, 0.6) is 5.75 Å². The zero-order chi connectivity index (χ0) is 33.3. The molecule has 1 aliphatic rings. The number of rotatable bonds is 13. The van der Waals surface area contributed by atoms with Crippen LogP contribution in [0.25, 0.3) is 11.3 Å². The van der Waals surface area contributed by atoms with E-state index in [1.165, 1.54) is 11.1 Å². The number of methoxy groups -OCH3 is 1. The molecule has 1 aromatic heterocycles. The van der Waals surface area contributed by atoms with Crippen molar-refractivity contribution in [1.82, 2.24) is 16.0 Å². The fourth-order valence-corrected chi connectivity index (χ4v) is 6.24. The van der Waals surface area contributed by atoms with Gasteiger partial charge in [0.15, 0.2) is 0 Å². The molecule has 8 nitrogen and oxygen atoms in total. The van der Waals surface area contributed by atoms with E-state index in [9.17, 15) is 10.1 Å². The number of hydrogen-bond donors (Lipinski definition) is 4. The number of carbonyl (C=O) groups excluding carboxylic acids is 1. The Hall–Kier alpha value is -4.13. The van der Waals surface area contributed by atoms with Gasteiger partial charge in [0.25, 0.3) is 5.91 Å². The quantitative estimate of drug-likeness (QED) is 0.124. The molecule has 5 N–H and O–H groups in total. The Kier molecular flexibility index (Phi) is 11.7. The monoisotopic (exact) mass is 653 g/mol. The molecule has 5 rings (SSSR count). The van der Waals surface area contributed by atoms with E-state index in [0.29, 0.717) is 53.8 Å². The van der Waals surface area contributed by atoms with Crippen LogP contribution in [0.15, 0.2) is 77.2 Å². The number of nitrogens with one attached hydrogen (secondary N) is 3. The number of furan rings is 1. The molecule has 4 aromatic rings. The van der Waals surface area contributed by atoms with Gasteiger partial charge in [-0.3, -0.25) is 4.79 Å². The normalized spacial score (nSPS) is 17.4. The van der Waals surface area contributed by atoms with E-state index in [-0.39, 0.29) is 29.1 Å². The second-order valence-corrected chi connectivity index (χ2v) is 12.9. The van der Waals surface area contributed by atoms with Crippen LogP contribution in [0.3, 0.4) is 0 Å². The molecule has 1 amide bonds. The van der Waals surface area contributed by atoms with Gasteiger partial charge in [0.2, 0.25) is 0 Å². The van der Waals surface area contributed by atoms with E-state index >= 15 is 0 Å². The number of amides is 1. The lowest BCUT2D eigenvalue weighted by atomic mass is 9.91. The third-order valence-corrected chi connectivity index (χ3v) is 9.26. The van der Waals surface area contributed by atoms with Gasteiger partial charge < -0.3 is 30.8 Å². The van der Waals surface area contributed by atoms with Crippen molar-refractivity contribution in [1.29, 1.82) is 5.26 Å². The Morgan fingerprint density at radius 2 is 1.79 bits per heavy atom. The molecule has 2 atom stereocenters. The molecule has 0 saturated heterocycles. The molecule has 1 fully saturated rings. The topological polar surface area (TPSA) is 125 Å². The van der Waals surface area contributed by atoms with Crippen LogP contribution in [0, 0.1) is 18.3 Å². The number of nitrogens with two attached hydrogens (primary N) is 1. The van der Waals surface area contributed by atoms with Gasteiger partial charge in [-0.2, -0.15) is 5.26 Å². The SMILES string of the molecule is COc1cc(Cl)c(C(=O)N[C@@H](CN[C@H]2CC[C@@H](N)CC2)Cc2ccc(C#N)cc2)cc1-c1ccc(CNC(C)c2ccc(C)cc2)o1. The fraction of sp³-hybridized carbons (Fsp3) is 0.368. The number of nitrogens with zero attached hydrogens (tertiary/aromatic N) is 1. The lowest BCUT2D eigenvalue weighted by Gasteiger charge is -2.29. The molecule has 0 bridgehead atoms. The summed E-state index contributed by atoms with van der Waals surface area (Å²) in [5.41, 5.74) is 11.1. The molecule has 0 radical (unpaired) electrons. The standard InChI is InChI=1S/C38H44ClN5O3/c1-24-4-10-28(11-5-24)25(2)42-23-32-16-17-36(47-32)34-19-33(35(39)20-37(34)46-3)38(45)44-31(18-26-6-8-27(21-40)9-7-26)22-43-30-14-12-29(41)13-15-30/h4-11,16-17,19-20,25,29-31,42-43H,12-15,18,22-23,41H2,1-3H3,(H,44,45)/t25?,29-,30+,31-/m1/s1. The van der Waals surface area contributed by atoms with Gasteiger partial charge in [-0.05, 0) is 87.4 Å². The average Bonchev–Trinajstić information content (AvgIpc) is 3.56. The Bertz CT molecular complexity index is 1670. The van der Waals surface area contributed by atoms with Crippen LogP contribution in [-0.2, 0) is 13.0 Å². The summed E-state index contributed by atoms with van der Waals surface area (Å²) < 4.78 is 11.9. The summed E-state index contributed by atoms with van der Waals surface area (Å²) in [6.07, 6.45) is 4.60. The summed E-state index contributed by atoms with van der Waals surface area (Å²) in [4.78, 5) is 13.8. The minimum absolute atomic E-state index is 0.145. The zero-order valence-electron chi connectivity index (χ0n) is 27.3. The van der Waals surface area contributed by atoms with E-state index in [1.807, 2.05) is 24.3 Å². The molecule has 9 heteroatoms. The highest BCUT2D eigenvalue weighted by Gasteiger charge is 2.23. The lowest BCUT2D eigenvalue weighted by molar-refractivity contribution is 0.0935. The van der Waals surface area contributed by atoms with Gasteiger partial charge in [-0.25, -0.2) is 0 Å². The van der Waals surface area contributed by atoms with E-state index in [2.05, 4.69) is 60.1 Å². The second-order valence-electron chi connectivity index (χ2n) is 12.5. The first-order valence-electron chi connectivity index (χ1n) is 16.3. The maximum absolute atomic E-state index is 13.8. The van der Waals surface area contributed by atoms with E-state index < -0.39 is 0 Å². The largest absolute Gasteiger partial charge is 0.496 e. The Labute approximate surface area is 282 Å². The van der Waals surface area contributed by atoms with Crippen LogP contribution in [0.2, 0.25) is 5.02 Å². The summed E-state index contributed by atoms with van der Waals surface area (Å²) >= 11 is 6.67. The minimum Gasteiger partial charge on any atom is -0.496 e. The number of halogens is 1. The summed E-state index contributed by atoms with van der Waals surface area (Å²) in [5.74, 6) is 1.57. The highest BCUT2D eigenvalue weighted by atomic mass is 35.5. The molecule has 0 aliphatic heterocycles. The zero-order valence-corrected chi connectivity index (χ0v) is 28.1. The molecular formula is C38H44ClN5O3. The smallest absolute Gasteiger partial charge is 0.253 e. The van der Waals surface area contributed by atoms with Crippen LogP contribution in [0.1, 0.15) is 77.0 Å². The summed E-state index contributed by atoms with van der Waals surface area (Å²) in [7, 11) is 1.57. The number of aryl methyl sites for hydroxylation is 1. The van der Waals surface area contributed by atoms with Crippen molar-refractivity contribution in [2.45, 2.75) is 76.7 Å². The molecule has 1 aliphatic carbocycles. The number of ether oxygens (including phenoxy) is 1. The minimum atomic E-state index is -0.287. The number of benzene rings is 3. The number of nitriles is 1. The molecule has 1 unspecified atom stereocenters. The Balaban J connectivity index is 1.31. The van der Waals surface area contributed by atoms with Crippen molar-refractivity contribution < 1.29 is 13.9 Å². The summed E-state index contributed by atoms with van der Waals surface area (Å²) in [6, 6.07) is 25.8. The first-order chi connectivity index (χ1) is 22.7. The molecule has 1 heterocycles. The maximum Gasteiger partial charge on any atom is 0.253 e. The van der Waals surface area contributed by atoms with Gasteiger partial charge in [0.1, 0.15) is 17.3 Å². The van der Waals surface area contributed by atoms with E-state index in [0.717, 1.165) is 37.0 Å². The molecule has 1 saturated carbocycles. The Morgan fingerprint density at radius 3 is 2.47 bits per heavy atom. The van der Waals surface area contributed by atoms with Crippen LogP contribution in [-0.4, -0.2) is 37.7 Å². The molecule has 0 spiro atoms. The predicted molar refractivity (Wildman–Crippen MR) is 186 cm³/mol. The molecule has 246 valence electrons. The van der Waals surface area contributed by atoms with Crippen molar-refractivity contribution >= 4 is 17.5 Å². The van der Waals surface area contributed by atoms with Gasteiger partial charge in [-0.1, -0.05) is 53.6 Å². The van der Waals surface area contributed by atoms with E-state index in [4.69, 9.17) is 26.5 Å². The van der Waals surface area contributed by atoms with Crippen LogP contribution in [0.4, 0.5) is 0 Å². The first kappa shape index (κ1) is 34.2. The highest BCUT2D eigenvalue weighted by Crippen LogP contribution is 2.36. The predicted octanol–water partition coefficient (Wildman–Crippen LogP) is 6.84. The summed E-state index contributed by atoms with van der Waals surface area (Å²) in [5, 5.41) is 19.9. The molecule has 47 heavy (non-hydrogen) atoms. The van der Waals surface area contributed by atoms with Crippen LogP contribution >= 0.6 is 11.6 Å². The van der Waals surface area contributed by atoms with Crippen LogP contribution < -0.4 is 26.4 Å².